The molecule has 0 N–H and O–H groups in total. The van der Waals surface area contributed by atoms with Gasteiger partial charge in [0.2, 0.25) is 0 Å². The van der Waals surface area contributed by atoms with Crippen molar-refractivity contribution in [2.45, 2.75) is 229 Å². The molecule has 4 rings (SSSR count). The standard InChI is InChI=1S/C38H68N2O6Si2/c1-33(2,3)47(11,12)45-27(25-39)17-21-35(7)31(43-35)19-23-37(9)29(41-37)15-16-30-38(10,42-30)24-20-32-36(8,44-32)22-18-28(26-40)46-48(13,14)34(4,5)6/h27-32H,15-24H2,1-14H3/t27?,28?,29-,30-,31+,32+,35+,36+,37-,38-/m1/s1. The molecule has 4 fully saturated rings. The summed E-state index contributed by atoms with van der Waals surface area (Å²) >= 11 is 0. The van der Waals surface area contributed by atoms with E-state index in [-0.39, 0.29) is 69.1 Å². The van der Waals surface area contributed by atoms with E-state index in [9.17, 15) is 10.5 Å². The van der Waals surface area contributed by atoms with E-state index in [4.69, 9.17) is 27.8 Å². The molecule has 4 aliphatic rings. The van der Waals surface area contributed by atoms with Gasteiger partial charge >= 0.3 is 0 Å². The summed E-state index contributed by atoms with van der Waals surface area (Å²) in [6.45, 7) is 30.9. The Morgan fingerprint density at radius 2 is 0.812 bits per heavy atom. The number of hydrogen-bond donors (Lipinski definition) is 0. The SMILES string of the molecule is CC(C)(C)[Si](C)(C)OC(C#N)CC[C@]1(C)O[C@H]1CC[C@@]1(C)O[C@@H]1CC[C@H]1O[C@]1(C)CC[C@@H]1O[C@@]1(C)CCC(C#N)O[Si](C)(C)C(C)(C)C. The van der Waals surface area contributed by atoms with E-state index in [1.807, 2.05) is 0 Å². The van der Waals surface area contributed by atoms with Crippen LogP contribution in [-0.4, -0.2) is 75.7 Å². The van der Waals surface area contributed by atoms with Crippen molar-refractivity contribution in [2.24, 2.45) is 0 Å². The highest BCUT2D eigenvalue weighted by atomic mass is 28.4. The smallest absolute Gasteiger partial charge is 0.193 e. The molecule has 10 heteroatoms. The van der Waals surface area contributed by atoms with E-state index in [0.29, 0.717) is 12.8 Å². The van der Waals surface area contributed by atoms with Gasteiger partial charge in [-0.3, -0.25) is 0 Å². The molecule has 4 heterocycles. The second-order valence-corrected chi connectivity index (χ2v) is 28.9. The van der Waals surface area contributed by atoms with Crippen molar-refractivity contribution in [2.75, 3.05) is 0 Å². The molecule has 48 heavy (non-hydrogen) atoms. The van der Waals surface area contributed by atoms with Crippen LogP contribution in [0.1, 0.15) is 133 Å². The van der Waals surface area contributed by atoms with Gasteiger partial charge in [-0.15, -0.1) is 0 Å². The summed E-state index contributed by atoms with van der Waals surface area (Å²) in [7, 11) is -3.96. The molecule has 274 valence electrons. The minimum atomic E-state index is -1.98. The Labute approximate surface area is 295 Å². The summed E-state index contributed by atoms with van der Waals surface area (Å²) in [5.41, 5.74) is -0.461. The predicted octanol–water partition coefficient (Wildman–Crippen LogP) is 9.35. The fourth-order valence-electron chi connectivity index (χ4n) is 6.84. The highest BCUT2D eigenvalue weighted by molar-refractivity contribution is 6.74. The van der Waals surface area contributed by atoms with Gasteiger partial charge in [0.25, 0.3) is 0 Å². The first-order chi connectivity index (χ1) is 21.8. The predicted molar refractivity (Wildman–Crippen MR) is 195 cm³/mol. The molecule has 0 amide bonds. The van der Waals surface area contributed by atoms with Crippen LogP contribution in [0.3, 0.4) is 0 Å². The van der Waals surface area contributed by atoms with Crippen molar-refractivity contribution in [1.29, 1.82) is 10.5 Å². The lowest BCUT2D eigenvalue weighted by Crippen LogP contribution is -2.43. The normalized spacial score (nSPS) is 37.3. The Kier molecular flexibility index (Phi) is 11.3. The number of ether oxygens (including phenoxy) is 4. The minimum absolute atomic E-state index is 0.0714. The fourth-order valence-corrected chi connectivity index (χ4v) is 9.31. The Hall–Kier alpha value is -0.826. The molecule has 4 saturated heterocycles. The molecule has 0 bridgehead atoms. The Morgan fingerprint density at radius 3 is 1.08 bits per heavy atom. The monoisotopic (exact) mass is 704 g/mol. The summed E-state index contributed by atoms with van der Waals surface area (Å²) in [6, 6.07) is 4.80. The molecule has 0 radical (unpaired) electrons. The largest absolute Gasteiger partial charge is 0.401 e. The first-order valence-electron chi connectivity index (χ1n) is 18.7. The topological polar surface area (TPSA) is 116 Å². The molecule has 0 saturated carbocycles. The van der Waals surface area contributed by atoms with Crippen LogP contribution in [0, 0.1) is 22.7 Å². The molecule has 2 unspecified atom stereocenters. The van der Waals surface area contributed by atoms with Gasteiger partial charge in [0, 0.05) is 0 Å². The summed E-state index contributed by atoms with van der Waals surface area (Å²) in [4.78, 5) is 0. The third-order valence-electron chi connectivity index (χ3n) is 13.2. The number of hydrogen-bond acceptors (Lipinski definition) is 8. The zero-order chi connectivity index (χ0) is 36.2. The lowest BCUT2D eigenvalue weighted by atomic mass is 9.90. The van der Waals surface area contributed by atoms with Gasteiger partial charge in [0.05, 0.1) is 59.0 Å². The van der Waals surface area contributed by atoms with Gasteiger partial charge in [-0.1, -0.05) is 41.5 Å². The maximum Gasteiger partial charge on any atom is 0.193 e. The third-order valence-corrected chi connectivity index (χ3v) is 22.2. The zero-order valence-electron chi connectivity index (χ0n) is 32.9. The van der Waals surface area contributed by atoms with Crippen molar-refractivity contribution < 1.29 is 27.8 Å². The number of nitrogens with zero attached hydrogens (tertiary/aromatic N) is 2. The van der Waals surface area contributed by atoms with Crippen molar-refractivity contribution >= 4 is 16.6 Å². The lowest BCUT2D eigenvalue weighted by Gasteiger charge is -2.37. The van der Waals surface area contributed by atoms with Crippen molar-refractivity contribution in [3.8, 4) is 12.1 Å². The Balaban J connectivity index is 1.09. The Morgan fingerprint density at radius 1 is 0.542 bits per heavy atom. The molecule has 0 aliphatic carbocycles. The molecule has 0 spiro atoms. The van der Waals surface area contributed by atoms with Crippen LogP contribution in [-0.2, 0) is 27.8 Å². The lowest BCUT2D eigenvalue weighted by molar-refractivity contribution is 0.198. The van der Waals surface area contributed by atoms with Crippen LogP contribution in [0.2, 0.25) is 36.3 Å². The second-order valence-electron chi connectivity index (χ2n) is 19.4. The fraction of sp³-hybridized carbons (Fsp3) is 0.947. The van der Waals surface area contributed by atoms with Gasteiger partial charge in [-0.2, -0.15) is 10.5 Å². The molecule has 8 nitrogen and oxygen atoms in total. The minimum Gasteiger partial charge on any atom is -0.401 e. The van der Waals surface area contributed by atoms with E-state index in [0.717, 1.165) is 51.4 Å². The average Bonchev–Trinajstić information content (AvgIpc) is 3.90. The van der Waals surface area contributed by atoms with E-state index >= 15 is 0 Å². The van der Waals surface area contributed by atoms with Crippen molar-refractivity contribution in [1.82, 2.24) is 0 Å². The van der Waals surface area contributed by atoms with Gasteiger partial charge in [-0.05, 0) is 128 Å². The van der Waals surface area contributed by atoms with Crippen molar-refractivity contribution in [3.63, 3.8) is 0 Å². The van der Waals surface area contributed by atoms with Crippen LogP contribution >= 0.6 is 0 Å². The van der Waals surface area contributed by atoms with Gasteiger partial charge in [0.15, 0.2) is 16.6 Å². The molecule has 0 aromatic rings. The first kappa shape index (κ1) is 40.0. The summed E-state index contributed by atoms with van der Waals surface area (Å²) in [5.74, 6) is 0. The third kappa shape index (κ3) is 9.53. The maximum absolute atomic E-state index is 9.74. The van der Waals surface area contributed by atoms with Crippen LogP contribution in [0.25, 0.3) is 0 Å². The summed E-state index contributed by atoms with van der Waals surface area (Å²) in [6.07, 6.45) is 9.42. The van der Waals surface area contributed by atoms with E-state index in [2.05, 4.69) is 108 Å². The van der Waals surface area contributed by atoms with Crippen LogP contribution in [0.5, 0.6) is 0 Å². The highest BCUT2D eigenvalue weighted by Crippen LogP contribution is 2.52. The van der Waals surface area contributed by atoms with E-state index in [1.54, 1.807) is 0 Å². The van der Waals surface area contributed by atoms with Crippen LogP contribution < -0.4 is 0 Å². The molecular weight excluding hydrogens is 637 g/mol. The van der Waals surface area contributed by atoms with Gasteiger partial charge in [0.1, 0.15) is 12.2 Å². The first-order valence-corrected chi connectivity index (χ1v) is 24.5. The van der Waals surface area contributed by atoms with Gasteiger partial charge in [-0.25, -0.2) is 0 Å². The Bertz CT molecular complexity index is 1140. The molecular formula is C38H68N2O6Si2. The number of epoxide rings is 4. The van der Waals surface area contributed by atoms with Crippen LogP contribution in [0.15, 0.2) is 0 Å². The molecule has 0 aromatic carbocycles. The van der Waals surface area contributed by atoms with Gasteiger partial charge < -0.3 is 27.8 Å². The molecule has 0 aromatic heterocycles. The summed E-state index contributed by atoms with van der Waals surface area (Å²) < 4.78 is 37.5. The number of nitriles is 2. The maximum atomic E-state index is 9.74. The quantitative estimate of drug-likeness (QED) is 0.0965. The highest BCUT2D eigenvalue weighted by Gasteiger charge is 2.59. The van der Waals surface area contributed by atoms with Crippen LogP contribution in [0.4, 0.5) is 0 Å². The molecule has 4 aliphatic heterocycles. The van der Waals surface area contributed by atoms with Crippen molar-refractivity contribution in [3.05, 3.63) is 0 Å². The van der Waals surface area contributed by atoms with E-state index in [1.165, 1.54) is 0 Å². The molecule has 10 atom stereocenters. The average molecular weight is 705 g/mol. The number of rotatable bonds is 19. The zero-order valence-corrected chi connectivity index (χ0v) is 34.9. The second kappa shape index (κ2) is 13.6. The summed E-state index contributed by atoms with van der Waals surface area (Å²) in [5, 5.41) is 19.7. The van der Waals surface area contributed by atoms with E-state index < -0.39 is 16.6 Å².